The van der Waals surface area contributed by atoms with Gasteiger partial charge in [0.15, 0.2) is 0 Å². The second-order valence-corrected chi connectivity index (χ2v) is 7.10. The Kier molecular flexibility index (Phi) is 5.85. The topological polar surface area (TPSA) is 102 Å². The van der Waals surface area contributed by atoms with E-state index in [4.69, 9.17) is 9.99 Å². The standard InChI is InChI=1S/C13H19NO6S/c1-13(2,3)20-12(15)8-14-21(17,18)11-6-4-10(5-7-11)9-19-16/h4-7,14,16H,8-9H2,1-3H3. The van der Waals surface area contributed by atoms with Gasteiger partial charge in [-0.1, -0.05) is 12.1 Å². The van der Waals surface area contributed by atoms with Crippen molar-refractivity contribution in [1.29, 1.82) is 0 Å². The van der Waals surface area contributed by atoms with Gasteiger partial charge in [-0.2, -0.15) is 4.72 Å². The van der Waals surface area contributed by atoms with Gasteiger partial charge in [0.05, 0.1) is 4.90 Å². The molecule has 2 N–H and O–H groups in total. The van der Waals surface area contributed by atoms with E-state index < -0.39 is 28.1 Å². The Morgan fingerprint density at radius 1 is 1.24 bits per heavy atom. The van der Waals surface area contributed by atoms with Gasteiger partial charge < -0.3 is 4.74 Å². The van der Waals surface area contributed by atoms with Crippen molar-refractivity contribution in [2.45, 2.75) is 37.9 Å². The Morgan fingerprint density at radius 2 is 1.81 bits per heavy atom. The number of benzene rings is 1. The minimum atomic E-state index is -3.80. The normalized spacial score (nSPS) is 12.2. The second kappa shape index (κ2) is 6.99. The van der Waals surface area contributed by atoms with Crippen molar-refractivity contribution in [1.82, 2.24) is 4.72 Å². The number of sulfonamides is 1. The highest BCUT2D eigenvalue weighted by molar-refractivity contribution is 7.89. The average Bonchev–Trinajstić information content (AvgIpc) is 2.36. The van der Waals surface area contributed by atoms with E-state index in [9.17, 15) is 13.2 Å². The summed E-state index contributed by atoms with van der Waals surface area (Å²) < 4.78 is 31.1. The molecule has 0 saturated carbocycles. The van der Waals surface area contributed by atoms with Crippen LogP contribution in [0.15, 0.2) is 29.2 Å². The van der Waals surface area contributed by atoms with Crippen molar-refractivity contribution >= 4 is 16.0 Å². The molecule has 0 saturated heterocycles. The van der Waals surface area contributed by atoms with E-state index in [1.807, 2.05) is 0 Å². The number of nitrogens with one attached hydrogen (secondary N) is 1. The lowest BCUT2D eigenvalue weighted by molar-refractivity contribution is -0.253. The summed E-state index contributed by atoms with van der Waals surface area (Å²) in [6, 6.07) is 5.70. The maximum atomic E-state index is 12.0. The summed E-state index contributed by atoms with van der Waals surface area (Å²) in [5.41, 5.74) is -0.0577. The fourth-order valence-corrected chi connectivity index (χ4v) is 2.42. The Hall–Kier alpha value is -1.48. The molecule has 0 aliphatic carbocycles. The maximum absolute atomic E-state index is 12.0. The Bertz CT molecular complexity index is 574. The van der Waals surface area contributed by atoms with Crippen molar-refractivity contribution in [2.24, 2.45) is 0 Å². The number of rotatable bonds is 6. The van der Waals surface area contributed by atoms with Crippen LogP contribution in [0.2, 0.25) is 0 Å². The van der Waals surface area contributed by atoms with E-state index in [2.05, 4.69) is 9.61 Å². The summed E-state index contributed by atoms with van der Waals surface area (Å²) in [5.74, 6) is -0.656. The third-order valence-corrected chi connectivity index (χ3v) is 3.71. The number of carbonyl (C=O) groups excluding carboxylic acids is 1. The average molecular weight is 317 g/mol. The lowest BCUT2D eigenvalue weighted by atomic mass is 10.2. The number of carbonyl (C=O) groups is 1. The van der Waals surface area contributed by atoms with E-state index in [0.29, 0.717) is 5.56 Å². The second-order valence-electron chi connectivity index (χ2n) is 5.33. The molecule has 0 amide bonds. The van der Waals surface area contributed by atoms with E-state index in [1.54, 1.807) is 20.8 Å². The molecule has 0 aliphatic rings. The van der Waals surface area contributed by atoms with Gasteiger partial charge in [-0.15, -0.1) is 0 Å². The number of hydrogen-bond acceptors (Lipinski definition) is 6. The molecule has 1 rings (SSSR count). The minimum Gasteiger partial charge on any atom is -0.459 e. The van der Waals surface area contributed by atoms with Crippen LogP contribution in [-0.2, 0) is 31.0 Å². The Labute approximate surface area is 123 Å². The summed E-state index contributed by atoms with van der Waals surface area (Å²) in [4.78, 5) is 15.4. The summed E-state index contributed by atoms with van der Waals surface area (Å²) in [7, 11) is -3.80. The summed E-state index contributed by atoms with van der Waals surface area (Å²) >= 11 is 0. The van der Waals surface area contributed by atoms with Gasteiger partial charge in [-0.05, 0) is 38.5 Å². The highest BCUT2D eigenvalue weighted by Gasteiger charge is 2.19. The van der Waals surface area contributed by atoms with E-state index in [-0.39, 0.29) is 11.5 Å². The fourth-order valence-electron chi connectivity index (χ4n) is 1.45. The van der Waals surface area contributed by atoms with Crippen LogP contribution < -0.4 is 4.72 Å². The molecular formula is C13H19NO6S. The molecule has 0 radical (unpaired) electrons. The molecule has 7 nitrogen and oxygen atoms in total. The van der Waals surface area contributed by atoms with Gasteiger partial charge >= 0.3 is 5.97 Å². The molecule has 21 heavy (non-hydrogen) atoms. The van der Waals surface area contributed by atoms with Crippen LogP contribution in [0.4, 0.5) is 0 Å². The molecule has 0 spiro atoms. The van der Waals surface area contributed by atoms with Gasteiger partial charge in [0.25, 0.3) is 0 Å². The Morgan fingerprint density at radius 3 is 2.29 bits per heavy atom. The van der Waals surface area contributed by atoms with Crippen molar-refractivity contribution < 1.29 is 28.1 Å². The zero-order chi connectivity index (χ0) is 16.1. The van der Waals surface area contributed by atoms with Crippen LogP contribution in [-0.4, -0.2) is 31.8 Å². The summed E-state index contributed by atoms with van der Waals surface area (Å²) in [6.07, 6.45) is 0. The number of esters is 1. The third-order valence-electron chi connectivity index (χ3n) is 2.29. The molecule has 0 aliphatic heterocycles. The van der Waals surface area contributed by atoms with Crippen LogP contribution in [0, 0.1) is 0 Å². The molecule has 8 heteroatoms. The van der Waals surface area contributed by atoms with Crippen molar-refractivity contribution in [3.63, 3.8) is 0 Å². The molecule has 0 heterocycles. The van der Waals surface area contributed by atoms with Crippen molar-refractivity contribution in [3.05, 3.63) is 29.8 Å². The maximum Gasteiger partial charge on any atom is 0.321 e. The zero-order valence-electron chi connectivity index (χ0n) is 12.1. The smallest absolute Gasteiger partial charge is 0.321 e. The lowest BCUT2D eigenvalue weighted by Crippen LogP contribution is -2.34. The minimum absolute atomic E-state index is 0.00717. The summed E-state index contributed by atoms with van der Waals surface area (Å²) in [6.45, 7) is 4.61. The monoisotopic (exact) mass is 317 g/mol. The first-order valence-electron chi connectivity index (χ1n) is 6.21. The molecule has 1 aromatic rings. The number of ether oxygens (including phenoxy) is 1. The van der Waals surface area contributed by atoms with Gasteiger partial charge in [0.1, 0.15) is 18.8 Å². The van der Waals surface area contributed by atoms with Gasteiger partial charge in [0.2, 0.25) is 10.0 Å². The molecule has 0 bridgehead atoms. The fraction of sp³-hybridized carbons (Fsp3) is 0.462. The summed E-state index contributed by atoms with van der Waals surface area (Å²) in [5, 5.41) is 8.30. The first-order valence-corrected chi connectivity index (χ1v) is 7.69. The lowest BCUT2D eigenvalue weighted by Gasteiger charge is -2.19. The van der Waals surface area contributed by atoms with Crippen LogP contribution in [0.25, 0.3) is 0 Å². The zero-order valence-corrected chi connectivity index (χ0v) is 12.9. The largest absolute Gasteiger partial charge is 0.459 e. The predicted molar refractivity (Wildman–Crippen MR) is 74.9 cm³/mol. The van der Waals surface area contributed by atoms with E-state index in [0.717, 1.165) is 0 Å². The molecular weight excluding hydrogens is 298 g/mol. The van der Waals surface area contributed by atoms with Gasteiger partial charge in [-0.25, -0.2) is 13.3 Å². The molecule has 118 valence electrons. The molecule has 0 fully saturated rings. The van der Waals surface area contributed by atoms with Crippen LogP contribution in [0.1, 0.15) is 26.3 Å². The number of hydrogen-bond donors (Lipinski definition) is 2. The van der Waals surface area contributed by atoms with Gasteiger partial charge in [-0.3, -0.25) is 10.1 Å². The van der Waals surface area contributed by atoms with E-state index in [1.165, 1.54) is 24.3 Å². The first kappa shape index (κ1) is 17.6. The predicted octanol–water partition coefficient (Wildman–Crippen LogP) is 1.30. The van der Waals surface area contributed by atoms with Crippen LogP contribution in [0.3, 0.4) is 0 Å². The van der Waals surface area contributed by atoms with Gasteiger partial charge in [0, 0.05) is 0 Å². The van der Waals surface area contributed by atoms with Crippen LogP contribution in [0.5, 0.6) is 0 Å². The van der Waals surface area contributed by atoms with Crippen molar-refractivity contribution in [3.8, 4) is 0 Å². The first-order chi connectivity index (χ1) is 9.64. The van der Waals surface area contributed by atoms with Crippen LogP contribution >= 0.6 is 0 Å². The molecule has 1 aromatic carbocycles. The molecule has 0 aromatic heterocycles. The highest BCUT2D eigenvalue weighted by Crippen LogP contribution is 2.11. The van der Waals surface area contributed by atoms with Crippen molar-refractivity contribution in [2.75, 3.05) is 6.54 Å². The third kappa shape index (κ3) is 6.21. The highest BCUT2D eigenvalue weighted by atomic mass is 32.2. The quantitative estimate of drug-likeness (QED) is 0.466. The Balaban J connectivity index is 2.67. The SMILES string of the molecule is CC(C)(C)OC(=O)CNS(=O)(=O)c1ccc(COO)cc1. The molecule has 0 unspecified atom stereocenters. The molecule has 0 atom stereocenters. The van der Waals surface area contributed by atoms with E-state index >= 15 is 0 Å².